The molecule has 2 rings (SSSR count). The lowest BCUT2D eigenvalue weighted by molar-refractivity contribution is 0.0505. The Morgan fingerprint density at radius 2 is 1.96 bits per heavy atom. The molecular weight excluding hydrogens is 300 g/mol. The van der Waals surface area contributed by atoms with Gasteiger partial charge in [0.25, 0.3) is 0 Å². The van der Waals surface area contributed by atoms with Crippen molar-refractivity contribution in [3.8, 4) is 0 Å². The quantitative estimate of drug-likeness (QED) is 0.923. The molecule has 0 fully saturated rings. The first-order chi connectivity index (χ1) is 10.7. The third-order valence-corrected chi connectivity index (χ3v) is 3.11. The van der Waals surface area contributed by atoms with E-state index in [9.17, 15) is 4.79 Å². The van der Waals surface area contributed by atoms with Crippen molar-refractivity contribution in [3.05, 3.63) is 28.7 Å². The van der Waals surface area contributed by atoms with Gasteiger partial charge in [-0.2, -0.15) is 4.98 Å². The minimum Gasteiger partial charge on any atom is -0.444 e. The second-order valence-corrected chi connectivity index (χ2v) is 6.39. The topological polar surface area (TPSA) is 103 Å². The lowest BCUT2D eigenvalue weighted by atomic mass is 10.1. The Morgan fingerprint density at radius 1 is 1.26 bits per heavy atom. The molecule has 0 radical (unpaired) electrons. The summed E-state index contributed by atoms with van der Waals surface area (Å²) in [5.41, 5.74) is 1.16. The van der Waals surface area contributed by atoms with Gasteiger partial charge in [0, 0.05) is 5.56 Å². The van der Waals surface area contributed by atoms with Gasteiger partial charge in [-0.15, -0.1) is 0 Å². The predicted octanol–water partition coefficient (Wildman–Crippen LogP) is 2.85. The number of carbonyl (C=O) groups is 1. The molecule has 0 spiro atoms. The maximum Gasteiger partial charge on any atom is 0.408 e. The molecule has 0 unspecified atom stereocenters. The molecule has 1 N–H and O–H groups in total. The monoisotopic (exact) mass is 322 g/mol. The molecule has 1 amide bonds. The minimum absolute atomic E-state index is 0.387. The first kappa shape index (κ1) is 17.0. The summed E-state index contributed by atoms with van der Waals surface area (Å²) in [5.74, 6) is 1.55. The van der Waals surface area contributed by atoms with Gasteiger partial charge < -0.3 is 19.1 Å². The Hall–Kier alpha value is -2.38. The highest BCUT2D eigenvalue weighted by Gasteiger charge is 2.21. The van der Waals surface area contributed by atoms with Crippen LogP contribution in [0.25, 0.3) is 0 Å². The maximum absolute atomic E-state index is 11.8. The molecular formula is C15H22N4O4. The van der Waals surface area contributed by atoms with Crippen LogP contribution in [0, 0.1) is 13.8 Å². The van der Waals surface area contributed by atoms with Crippen LogP contribution < -0.4 is 5.32 Å². The van der Waals surface area contributed by atoms with E-state index in [1.807, 2.05) is 13.8 Å². The van der Waals surface area contributed by atoms with Crippen molar-refractivity contribution in [2.24, 2.45) is 0 Å². The van der Waals surface area contributed by atoms with E-state index in [4.69, 9.17) is 13.8 Å². The summed E-state index contributed by atoms with van der Waals surface area (Å²) in [6, 6.07) is -0.424. The smallest absolute Gasteiger partial charge is 0.408 e. The normalized spacial score (nSPS) is 13.0. The van der Waals surface area contributed by atoms with Gasteiger partial charge in [0.15, 0.2) is 5.82 Å². The number of ether oxygens (including phenoxy) is 1. The average molecular weight is 322 g/mol. The fraction of sp³-hybridized carbons (Fsp3) is 0.600. The number of amides is 1. The van der Waals surface area contributed by atoms with Crippen LogP contribution in [0.15, 0.2) is 9.05 Å². The van der Waals surface area contributed by atoms with E-state index >= 15 is 0 Å². The molecule has 1 atom stereocenters. The maximum atomic E-state index is 11.8. The number of aryl methyl sites for hydroxylation is 2. The Bertz CT molecular complexity index is 664. The number of nitrogens with zero attached hydrogens (tertiary/aromatic N) is 3. The summed E-state index contributed by atoms with van der Waals surface area (Å²) in [7, 11) is 0. The summed E-state index contributed by atoms with van der Waals surface area (Å²) < 4.78 is 15.5. The zero-order valence-electron chi connectivity index (χ0n) is 14.3. The highest BCUT2D eigenvalue weighted by atomic mass is 16.6. The highest BCUT2D eigenvalue weighted by molar-refractivity contribution is 5.68. The van der Waals surface area contributed by atoms with Crippen LogP contribution in [0.5, 0.6) is 0 Å². The Morgan fingerprint density at radius 3 is 2.52 bits per heavy atom. The number of nitrogens with one attached hydrogen (secondary N) is 1. The number of alkyl carbamates (subject to hydrolysis) is 1. The fourth-order valence-corrected chi connectivity index (χ4v) is 1.97. The Labute approximate surface area is 134 Å². The first-order valence-electron chi connectivity index (χ1n) is 7.39. The van der Waals surface area contributed by atoms with Gasteiger partial charge in [0.2, 0.25) is 5.89 Å². The summed E-state index contributed by atoms with van der Waals surface area (Å²) in [4.78, 5) is 16.1. The van der Waals surface area contributed by atoms with Crippen LogP contribution in [-0.2, 0) is 11.2 Å². The summed E-state index contributed by atoms with van der Waals surface area (Å²) in [6.07, 6.45) is -0.0880. The van der Waals surface area contributed by atoms with E-state index in [2.05, 4.69) is 20.6 Å². The predicted molar refractivity (Wildman–Crippen MR) is 80.9 cm³/mol. The second kappa shape index (κ2) is 6.39. The van der Waals surface area contributed by atoms with E-state index < -0.39 is 17.7 Å². The molecule has 0 saturated carbocycles. The number of hydrogen-bond donors (Lipinski definition) is 1. The van der Waals surface area contributed by atoms with E-state index in [1.54, 1.807) is 27.7 Å². The third-order valence-electron chi connectivity index (χ3n) is 3.11. The Balaban J connectivity index is 2.00. The van der Waals surface area contributed by atoms with Gasteiger partial charge in [0.1, 0.15) is 11.4 Å². The molecule has 8 heteroatoms. The molecule has 2 heterocycles. The first-order valence-corrected chi connectivity index (χ1v) is 7.39. The molecule has 126 valence electrons. The summed E-state index contributed by atoms with van der Waals surface area (Å²) >= 11 is 0. The highest BCUT2D eigenvalue weighted by Crippen LogP contribution is 2.18. The molecule has 0 aromatic carbocycles. The van der Waals surface area contributed by atoms with Gasteiger partial charge in [0.05, 0.1) is 18.2 Å². The van der Waals surface area contributed by atoms with Crippen molar-refractivity contribution in [2.75, 3.05) is 0 Å². The molecule has 8 nitrogen and oxygen atoms in total. The zero-order chi connectivity index (χ0) is 17.2. The third kappa shape index (κ3) is 4.54. The van der Waals surface area contributed by atoms with Crippen LogP contribution in [-0.4, -0.2) is 27.0 Å². The SMILES string of the molecule is Cc1noc(C)c1Cc1nc([C@@H](C)NC(=O)OC(C)(C)C)no1. The van der Waals surface area contributed by atoms with E-state index in [0.29, 0.717) is 18.1 Å². The minimum atomic E-state index is -0.560. The molecule has 0 aliphatic heterocycles. The second-order valence-electron chi connectivity index (χ2n) is 6.39. The van der Waals surface area contributed by atoms with Crippen molar-refractivity contribution in [1.82, 2.24) is 20.6 Å². The van der Waals surface area contributed by atoms with Gasteiger partial charge in [-0.25, -0.2) is 4.79 Å². The molecule has 0 aliphatic carbocycles. The lowest BCUT2D eigenvalue weighted by Crippen LogP contribution is -2.34. The van der Waals surface area contributed by atoms with Gasteiger partial charge in [-0.1, -0.05) is 10.3 Å². The van der Waals surface area contributed by atoms with Crippen LogP contribution in [0.2, 0.25) is 0 Å². The van der Waals surface area contributed by atoms with Crippen molar-refractivity contribution in [3.63, 3.8) is 0 Å². The number of carbonyl (C=O) groups excluding carboxylic acids is 1. The molecule has 2 aromatic heterocycles. The zero-order valence-corrected chi connectivity index (χ0v) is 14.3. The molecule has 23 heavy (non-hydrogen) atoms. The standard InChI is InChI=1S/C15H22N4O4/c1-8-11(10(3)22-18-8)7-12-17-13(19-23-12)9(2)16-14(20)21-15(4,5)6/h9H,7H2,1-6H3,(H,16,20)/t9-/m1/s1. The lowest BCUT2D eigenvalue weighted by Gasteiger charge is -2.20. The summed E-state index contributed by atoms with van der Waals surface area (Å²) in [5, 5.41) is 10.5. The number of aromatic nitrogens is 3. The molecule has 0 bridgehead atoms. The van der Waals surface area contributed by atoms with Crippen LogP contribution in [0.3, 0.4) is 0 Å². The largest absolute Gasteiger partial charge is 0.444 e. The van der Waals surface area contributed by atoms with Crippen molar-refractivity contribution in [1.29, 1.82) is 0 Å². The average Bonchev–Trinajstić information content (AvgIpc) is 2.99. The van der Waals surface area contributed by atoms with Crippen LogP contribution >= 0.6 is 0 Å². The van der Waals surface area contributed by atoms with Crippen molar-refractivity contribution >= 4 is 6.09 Å². The van der Waals surface area contributed by atoms with Crippen LogP contribution in [0.4, 0.5) is 4.79 Å². The molecule has 0 saturated heterocycles. The molecule has 0 aliphatic rings. The van der Waals surface area contributed by atoms with E-state index in [0.717, 1.165) is 17.0 Å². The fourth-order valence-electron chi connectivity index (χ4n) is 1.97. The van der Waals surface area contributed by atoms with Gasteiger partial charge in [-0.3, -0.25) is 0 Å². The van der Waals surface area contributed by atoms with Gasteiger partial charge >= 0.3 is 6.09 Å². The molecule has 2 aromatic rings. The van der Waals surface area contributed by atoms with E-state index in [1.165, 1.54) is 0 Å². The summed E-state index contributed by atoms with van der Waals surface area (Å²) in [6.45, 7) is 10.8. The Kier molecular flexibility index (Phi) is 4.72. The van der Waals surface area contributed by atoms with Crippen LogP contribution in [0.1, 0.15) is 62.5 Å². The van der Waals surface area contributed by atoms with E-state index in [-0.39, 0.29) is 0 Å². The number of hydrogen-bond acceptors (Lipinski definition) is 7. The van der Waals surface area contributed by atoms with Gasteiger partial charge in [-0.05, 0) is 41.5 Å². The van der Waals surface area contributed by atoms with Crippen molar-refractivity contribution in [2.45, 2.75) is 59.6 Å². The number of rotatable bonds is 4. The van der Waals surface area contributed by atoms with Crippen molar-refractivity contribution < 1.29 is 18.6 Å².